The van der Waals surface area contributed by atoms with Crippen LogP contribution in [0.3, 0.4) is 0 Å². The van der Waals surface area contributed by atoms with Crippen molar-refractivity contribution in [1.82, 2.24) is 0 Å². The van der Waals surface area contributed by atoms with Gasteiger partial charge in [0.15, 0.2) is 0 Å². The fourth-order valence-corrected chi connectivity index (χ4v) is 2.50. The van der Waals surface area contributed by atoms with Crippen LogP contribution in [-0.4, -0.2) is 17.8 Å². The first kappa shape index (κ1) is 13.5. The number of benzene rings is 1. The lowest BCUT2D eigenvalue weighted by molar-refractivity contribution is -0.121. The molecule has 0 aliphatic carbocycles. The van der Waals surface area contributed by atoms with Crippen LogP contribution in [0.1, 0.15) is 37.8 Å². The van der Waals surface area contributed by atoms with Gasteiger partial charge in [0.25, 0.3) is 0 Å². The van der Waals surface area contributed by atoms with Crippen molar-refractivity contribution in [3.63, 3.8) is 0 Å². The van der Waals surface area contributed by atoms with Gasteiger partial charge in [-0.25, -0.2) is 4.39 Å². The Morgan fingerprint density at radius 2 is 2.17 bits per heavy atom. The van der Waals surface area contributed by atoms with E-state index < -0.39 is 5.60 Å². The summed E-state index contributed by atoms with van der Waals surface area (Å²) in [4.78, 5) is 0. The number of rotatable bonds is 2. The maximum absolute atomic E-state index is 13.3. The summed E-state index contributed by atoms with van der Waals surface area (Å²) >= 11 is 0. The van der Waals surface area contributed by atoms with E-state index in [4.69, 9.17) is 4.74 Å². The van der Waals surface area contributed by atoms with Crippen LogP contribution in [0, 0.1) is 18.7 Å². The van der Waals surface area contributed by atoms with Crippen LogP contribution in [0.15, 0.2) is 18.2 Å². The van der Waals surface area contributed by atoms with Gasteiger partial charge in [0, 0.05) is 12.8 Å². The van der Waals surface area contributed by atoms with E-state index in [2.05, 4.69) is 13.8 Å². The number of hydrogen-bond donors (Lipinski definition) is 1. The molecular weight excluding hydrogens is 231 g/mol. The molecule has 0 radical (unpaired) electrons. The first-order valence-corrected chi connectivity index (χ1v) is 6.53. The Labute approximate surface area is 108 Å². The summed E-state index contributed by atoms with van der Waals surface area (Å²) in [5, 5.41) is 10.8. The summed E-state index contributed by atoms with van der Waals surface area (Å²) in [5.41, 5.74) is 0.495. The van der Waals surface area contributed by atoms with Crippen molar-refractivity contribution in [2.24, 2.45) is 5.92 Å². The lowest BCUT2D eigenvalue weighted by Gasteiger charge is -2.39. The van der Waals surface area contributed by atoms with Crippen LogP contribution >= 0.6 is 0 Å². The van der Waals surface area contributed by atoms with E-state index in [1.54, 1.807) is 19.1 Å². The Bertz CT molecular complexity index is 431. The average Bonchev–Trinajstić information content (AvgIpc) is 2.32. The molecule has 1 N–H and O–H groups in total. The molecule has 0 spiro atoms. The monoisotopic (exact) mass is 252 g/mol. The molecule has 1 aromatic rings. The highest BCUT2D eigenvalue weighted by molar-refractivity contribution is 5.29. The number of hydrogen-bond acceptors (Lipinski definition) is 2. The second-order valence-electron chi connectivity index (χ2n) is 5.60. The van der Waals surface area contributed by atoms with Crippen LogP contribution in [0.25, 0.3) is 0 Å². The van der Waals surface area contributed by atoms with Gasteiger partial charge in [-0.05, 0) is 30.0 Å². The predicted molar refractivity (Wildman–Crippen MR) is 68.8 cm³/mol. The molecule has 1 aromatic carbocycles. The summed E-state index contributed by atoms with van der Waals surface area (Å²) < 4.78 is 19.0. The zero-order chi connectivity index (χ0) is 13.3. The first-order chi connectivity index (χ1) is 8.42. The van der Waals surface area contributed by atoms with Gasteiger partial charge < -0.3 is 9.84 Å². The van der Waals surface area contributed by atoms with E-state index in [0.29, 0.717) is 30.9 Å². The SMILES string of the molecule is Cc1cc(C2(O)CCOC(C(C)C)C2)ccc1F. The van der Waals surface area contributed by atoms with Crippen molar-refractivity contribution in [3.8, 4) is 0 Å². The van der Waals surface area contributed by atoms with Gasteiger partial charge in [0.2, 0.25) is 0 Å². The van der Waals surface area contributed by atoms with E-state index in [-0.39, 0.29) is 11.9 Å². The average molecular weight is 252 g/mol. The van der Waals surface area contributed by atoms with Crippen molar-refractivity contribution in [2.45, 2.75) is 45.3 Å². The zero-order valence-corrected chi connectivity index (χ0v) is 11.2. The lowest BCUT2D eigenvalue weighted by atomic mass is 9.81. The molecule has 2 rings (SSSR count). The molecular formula is C15H21FO2. The highest BCUT2D eigenvalue weighted by Gasteiger charge is 2.37. The molecule has 2 atom stereocenters. The summed E-state index contributed by atoms with van der Waals surface area (Å²) in [6, 6.07) is 4.87. The molecule has 3 heteroatoms. The summed E-state index contributed by atoms with van der Waals surface area (Å²) in [7, 11) is 0. The van der Waals surface area contributed by atoms with Crippen molar-refractivity contribution in [1.29, 1.82) is 0 Å². The summed E-state index contributed by atoms with van der Waals surface area (Å²) in [6.07, 6.45) is 1.21. The normalized spacial score (nSPS) is 28.7. The number of halogens is 1. The molecule has 1 fully saturated rings. The summed E-state index contributed by atoms with van der Waals surface area (Å²) in [6.45, 7) is 6.45. The van der Waals surface area contributed by atoms with Crippen LogP contribution in [0.5, 0.6) is 0 Å². The van der Waals surface area contributed by atoms with E-state index in [1.807, 2.05) is 0 Å². The Balaban J connectivity index is 2.26. The number of aryl methyl sites for hydroxylation is 1. The van der Waals surface area contributed by atoms with Crippen molar-refractivity contribution in [2.75, 3.05) is 6.61 Å². The van der Waals surface area contributed by atoms with Crippen molar-refractivity contribution >= 4 is 0 Å². The molecule has 1 aliphatic rings. The van der Waals surface area contributed by atoms with Crippen molar-refractivity contribution < 1.29 is 14.2 Å². The minimum atomic E-state index is -0.883. The van der Waals surface area contributed by atoms with E-state index in [0.717, 1.165) is 5.56 Å². The fraction of sp³-hybridized carbons (Fsp3) is 0.600. The molecule has 0 aromatic heterocycles. The maximum atomic E-state index is 13.3. The fourth-order valence-electron chi connectivity index (χ4n) is 2.50. The number of aliphatic hydroxyl groups is 1. The van der Waals surface area contributed by atoms with Gasteiger partial charge in [0.1, 0.15) is 5.82 Å². The molecule has 1 saturated heterocycles. The minimum Gasteiger partial charge on any atom is -0.385 e. The van der Waals surface area contributed by atoms with Gasteiger partial charge >= 0.3 is 0 Å². The maximum Gasteiger partial charge on any atom is 0.126 e. The van der Waals surface area contributed by atoms with Crippen molar-refractivity contribution in [3.05, 3.63) is 35.1 Å². The molecule has 0 amide bonds. The molecule has 100 valence electrons. The molecule has 1 heterocycles. The first-order valence-electron chi connectivity index (χ1n) is 6.53. The quantitative estimate of drug-likeness (QED) is 0.876. The highest BCUT2D eigenvalue weighted by atomic mass is 19.1. The third-order valence-corrected chi connectivity index (χ3v) is 3.83. The predicted octanol–water partition coefficient (Wildman–Crippen LogP) is 3.16. The molecule has 1 aliphatic heterocycles. The van der Waals surface area contributed by atoms with E-state index in [1.165, 1.54) is 6.07 Å². The second-order valence-corrected chi connectivity index (χ2v) is 5.60. The highest BCUT2D eigenvalue weighted by Crippen LogP contribution is 2.37. The van der Waals surface area contributed by atoms with Crippen LogP contribution < -0.4 is 0 Å². The standard InChI is InChI=1S/C15H21FO2/c1-10(2)14-9-15(17,6-7-18-14)12-4-5-13(16)11(3)8-12/h4-5,8,10,14,17H,6-7,9H2,1-3H3. The van der Waals surface area contributed by atoms with E-state index >= 15 is 0 Å². The van der Waals surface area contributed by atoms with E-state index in [9.17, 15) is 9.50 Å². The summed E-state index contributed by atoms with van der Waals surface area (Å²) in [5.74, 6) is 0.146. The Kier molecular flexibility index (Phi) is 3.74. The third kappa shape index (κ3) is 2.57. The molecule has 2 unspecified atom stereocenters. The molecule has 18 heavy (non-hydrogen) atoms. The van der Waals surface area contributed by atoms with Gasteiger partial charge in [-0.15, -0.1) is 0 Å². The number of ether oxygens (including phenoxy) is 1. The molecule has 2 nitrogen and oxygen atoms in total. The third-order valence-electron chi connectivity index (χ3n) is 3.83. The smallest absolute Gasteiger partial charge is 0.126 e. The molecule has 0 bridgehead atoms. The van der Waals surface area contributed by atoms with Crippen LogP contribution in [-0.2, 0) is 10.3 Å². The minimum absolute atomic E-state index is 0.0640. The Morgan fingerprint density at radius 3 is 2.78 bits per heavy atom. The van der Waals surface area contributed by atoms with Crippen LogP contribution in [0.4, 0.5) is 4.39 Å². The molecule has 0 saturated carbocycles. The van der Waals surface area contributed by atoms with Gasteiger partial charge in [0.05, 0.1) is 18.3 Å². The lowest BCUT2D eigenvalue weighted by Crippen LogP contribution is -2.40. The Morgan fingerprint density at radius 1 is 1.44 bits per heavy atom. The largest absolute Gasteiger partial charge is 0.385 e. The Hall–Kier alpha value is -0.930. The zero-order valence-electron chi connectivity index (χ0n) is 11.2. The topological polar surface area (TPSA) is 29.5 Å². The second kappa shape index (κ2) is 4.98. The van der Waals surface area contributed by atoms with Gasteiger partial charge in [-0.2, -0.15) is 0 Å². The van der Waals surface area contributed by atoms with Gasteiger partial charge in [-0.3, -0.25) is 0 Å². The van der Waals surface area contributed by atoms with Gasteiger partial charge in [-0.1, -0.05) is 26.0 Å². The van der Waals surface area contributed by atoms with Crippen LogP contribution in [0.2, 0.25) is 0 Å².